The Labute approximate surface area is 137 Å². The van der Waals surface area contributed by atoms with E-state index in [1.54, 1.807) is 0 Å². The zero-order chi connectivity index (χ0) is 17.2. The van der Waals surface area contributed by atoms with Crippen LogP contribution < -0.4 is 0 Å². The number of halogens is 3. The number of carbonyl (C=O) groups excluding carboxylic acids is 1. The third-order valence-electron chi connectivity index (χ3n) is 4.11. The van der Waals surface area contributed by atoms with Crippen LogP contribution >= 0.6 is 0 Å². The summed E-state index contributed by atoms with van der Waals surface area (Å²) in [5, 5.41) is 0. The lowest BCUT2D eigenvalue weighted by atomic mass is 9.98. The van der Waals surface area contributed by atoms with Crippen LogP contribution in [0.15, 0.2) is 40.8 Å². The lowest BCUT2D eigenvalue weighted by Crippen LogP contribution is -2.20. The van der Waals surface area contributed by atoms with Crippen molar-refractivity contribution in [2.24, 2.45) is 0 Å². The first-order chi connectivity index (χ1) is 11.4. The number of benzene rings is 1. The Balaban J connectivity index is 1.74. The Bertz CT molecular complexity index is 712. The van der Waals surface area contributed by atoms with Gasteiger partial charge in [0, 0.05) is 5.56 Å². The molecule has 3 nitrogen and oxygen atoms in total. The predicted octanol–water partition coefficient (Wildman–Crippen LogP) is 5.45. The van der Waals surface area contributed by atoms with E-state index in [0.29, 0.717) is 0 Å². The van der Waals surface area contributed by atoms with Crippen LogP contribution in [0.3, 0.4) is 0 Å². The second-order valence-corrected chi connectivity index (χ2v) is 5.91. The molecule has 1 heterocycles. The van der Waals surface area contributed by atoms with E-state index in [1.807, 2.05) is 0 Å². The molecule has 0 N–H and O–H groups in total. The number of rotatable bonds is 3. The van der Waals surface area contributed by atoms with E-state index in [9.17, 15) is 18.0 Å². The molecular formula is C18H17F3O3. The highest BCUT2D eigenvalue weighted by Gasteiger charge is 2.30. The van der Waals surface area contributed by atoms with Crippen molar-refractivity contribution in [2.75, 3.05) is 0 Å². The minimum atomic E-state index is -4.43. The molecule has 6 heteroatoms. The zero-order valence-electron chi connectivity index (χ0n) is 12.9. The van der Waals surface area contributed by atoms with E-state index in [0.717, 1.165) is 44.2 Å². The lowest BCUT2D eigenvalue weighted by Gasteiger charge is -2.21. The fraction of sp³-hybridized carbons (Fsp3) is 0.389. The van der Waals surface area contributed by atoms with Gasteiger partial charge in [0.25, 0.3) is 0 Å². The minimum Gasteiger partial charge on any atom is -0.457 e. The van der Waals surface area contributed by atoms with E-state index in [-0.39, 0.29) is 23.2 Å². The Morgan fingerprint density at radius 3 is 2.54 bits per heavy atom. The van der Waals surface area contributed by atoms with Gasteiger partial charge in [-0.2, -0.15) is 13.2 Å². The summed E-state index contributed by atoms with van der Waals surface area (Å²) < 4.78 is 49.1. The molecule has 0 spiro atoms. The molecule has 128 valence electrons. The van der Waals surface area contributed by atoms with Gasteiger partial charge in [-0.25, -0.2) is 4.79 Å². The van der Waals surface area contributed by atoms with Crippen LogP contribution in [0.5, 0.6) is 0 Å². The van der Waals surface area contributed by atoms with Crippen LogP contribution in [0.2, 0.25) is 0 Å². The molecule has 0 radical (unpaired) electrons. The number of furan rings is 1. The van der Waals surface area contributed by atoms with Crippen LogP contribution in [0.1, 0.15) is 48.2 Å². The number of hydrogen-bond donors (Lipinski definition) is 0. The topological polar surface area (TPSA) is 39.4 Å². The van der Waals surface area contributed by atoms with E-state index >= 15 is 0 Å². The highest BCUT2D eigenvalue weighted by atomic mass is 19.4. The summed E-state index contributed by atoms with van der Waals surface area (Å²) >= 11 is 0. The third kappa shape index (κ3) is 3.80. The molecule has 0 unspecified atom stereocenters. The molecule has 0 saturated heterocycles. The predicted molar refractivity (Wildman–Crippen MR) is 81.4 cm³/mol. The van der Waals surface area contributed by atoms with Crippen molar-refractivity contribution in [2.45, 2.75) is 44.4 Å². The average Bonchev–Trinajstić information content (AvgIpc) is 3.05. The summed E-state index contributed by atoms with van der Waals surface area (Å²) in [6.07, 6.45) is 0.366. The second kappa shape index (κ2) is 6.71. The van der Waals surface area contributed by atoms with Gasteiger partial charge in [-0.3, -0.25) is 0 Å². The second-order valence-electron chi connectivity index (χ2n) is 5.91. The SMILES string of the molecule is O=C(OC1CCCCC1)c1ccc(-c2cccc(C(F)(F)F)c2)o1. The van der Waals surface area contributed by atoms with Gasteiger partial charge in [0.15, 0.2) is 0 Å². The van der Waals surface area contributed by atoms with Crippen molar-refractivity contribution in [3.05, 3.63) is 47.7 Å². The minimum absolute atomic E-state index is 0.00739. The Morgan fingerprint density at radius 1 is 1.08 bits per heavy atom. The molecule has 0 atom stereocenters. The van der Waals surface area contributed by atoms with Crippen molar-refractivity contribution in [3.8, 4) is 11.3 Å². The Kier molecular flexibility index (Phi) is 4.64. The first-order valence-electron chi connectivity index (χ1n) is 7.92. The molecule has 1 aliphatic carbocycles. The number of hydrogen-bond acceptors (Lipinski definition) is 3. The highest BCUT2D eigenvalue weighted by molar-refractivity contribution is 5.87. The maximum absolute atomic E-state index is 12.8. The third-order valence-corrected chi connectivity index (χ3v) is 4.11. The van der Waals surface area contributed by atoms with Crippen molar-refractivity contribution in [1.29, 1.82) is 0 Å². The maximum Gasteiger partial charge on any atom is 0.416 e. The Morgan fingerprint density at radius 2 is 1.83 bits per heavy atom. The summed E-state index contributed by atoms with van der Waals surface area (Å²) in [5.41, 5.74) is -0.496. The Hall–Kier alpha value is -2.24. The van der Waals surface area contributed by atoms with E-state index < -0.39 is 17.7 Å². The van der Waals surface area contributed by atoms with Gasteiger partial charge in [-0.15, -0.1) is 0 Å². The molecule has 1 aromatic carbocycles. The molecule has 1 fully saturated rings. The van der Waals surface area contributed by atoms with Gasteiger partial charge in [0.2, 0.25) is 5.76 Å². The average molecular weight is 338 g/mol. The molecule has 2 aromatic rings. The summed E-state index contributed by atoms with van der Waals surface area (Å²) in [6.45, 7) is 0. The number of carbonyl (C=O) groups is 1. The monoisotopic (exact) mass is 338 g/mol. The summed E-state index contributed by atoms with van der Waals surface area (Å²) in [5.74, 6) is -0.357. The van der Waals surface area contributed by atoms with Gasteiger partial charge >= 0.3 is 12.1 Å². The number of ether oxygens (including phenoxy) is 1. The van der Waals surface area contributed by atoms with Crippen molar-refractivity contribution >= 4 is 5.97 Å². The fourth-order valence-electron chi connectivity index (χ4n) is 2.84. The lowest BCUT2D eigenvalue weighted by molar-refractivity contribution is -0.137. The van der Waals surface area contributed by atoms with Gasteiger partial charge in [0.05, 0.1) is 5.56 Å². The first kappa shape index (κ1) is 16.6. The summed E-state index contributed by atoms with van der Waals surface area (Å²) in [4.78, 5) is 12.1. The molecule has 3 rings (SSSR count). The van der Waals surface area contributed by atoms with E-state index in [1.165, 1.54) is 24.3 Å². The summed E-state index contributed by atoms with van der Waals surface area (Å²) in [7, 11) is 0. The molecule has 24 heavy (non-hydrogen) atoms. The molecule has 1 aliphatic rings. The van der Waals surface area contributed by atoms with Crippen LogP contribution in [0.25, 0.3) is 11.3 Å². The van der Waals surface area contributed by atoms with E-state index in [4.69, 9.17) is 9.15 Å². The van der Waals surface area contributed by atoms with Crippen LogP contribution in [0.4, 0.5) is 13.2 Å². The number of esters is 1. The van der Waals surface area contributed by atoms with Gasteiger partial charge in [0.1, 0.15) is 11.9 Å². The largest absolute Gasteiger partial charge is 0.457 e. The number of alkyl halides is 3. The van der Waals surface area contributed by atoms with Gasteiger partial charge < -0.3 is 9.15 Å². The quantitative estimate of drug-likeness (QED) is 0.698. The maximum atomic E-state index is 12.8. The smallest absolute Gasteiger partial charge is 0.416 e. The van der Waals surface area contributed by atoms with Crippen LogP contribution in [-0.4, -0.2) is 12.1 Å². The van der Waals surface area contributed by atoms with Crippen molar-refractivity contribution < 1.29 is 27.1 Å². The van der Waals surface area contributed by atoms with E-state index in [2.05, 4.69) is 0 Å². The molecule has 0 bridgehead atoms. The van der Waals surface area contributed by atoms with Gasteiger partial charge in [-0.05, 0) is 49.9 Å². The van der Waals surface area contributed by atoms with Gasteiger partial charge in [-0.1, -0.05) is 18.6 Å². The zero-order valence-corrected chi connectivity index (χ0v) is 12.9. The molecule has 0 amide bonds. The fourth-order valence-corrected chi connectivity index (χ4v) is 2.84. The summed E-state index contributed by atoms with van der Waals surface area (Å²) in [6, 6.07) is 7.71. The highest BCUT2D eigenvalue weighted by Crippen LogP contribution is 2.33. The van der Waals surface area contributed by atoms with Crippen LogP contribution in [0, 0.1) is 0 Å². The normalized spacial score (nSPS) is 16.1. The molecular weight excluding hydrogens is 321 g/mol. The van der Waals surface area contributed by atoms with Crippen molar-refractivity contribution in [1.82, 2.24) is 0 Å². The van der Waals surface area contributed by atoms with Crippen molar-refractivity contribution in [3.63, 3.8) is 0 Å². The standard InChI is InChI=1S/C18H17F3O3/c19-18(20,21)13-6-4-5-12(11-13)15-9-10-16(24-15)17(22)23-14-7-2-1-3-8-14/h4-6,9-11,14H,1-3,7-8H2. The van der Waals surface area contributed by atoms with Crippen LogP contribution in [-0.2, 0) is 10.9 Å². The molecule has 1 aromatic heterocycles. The molecule has 1 saturated carbocycles. The first-order valence-corrected chi connectivity index (χ1v) is 7.92. The molecule has 0 aliphatic heterocycles.